The summed E-state index contributed by atoms with van der Waals surface area (Å²) in [4.78, 5) is 27.4. The molecule has 0 saturated heterocycles. The molecule has 2 rings (SSSR count). The number of aromatic nitrogens is 1. The molecule has 21 heavy (non-hydrogen) atoms. The SMILES string of the molecule is CCNc1ncc(F)cc1C(=O)NCCC(=O)NC1CC1. The van der Waals surface area contributed by atoms with E-state index in [1.807, 2.05) is 6.92 Å². The summed E-state index contributed by atoms with van der Waals surface area (Å²) < 4.78 is 13.2. The van der Waals surface area contributed by atoms with Crippen LogP contribution in [0.3, 0.4) is 0 Å². The van der Waals surface area contributed by atoms with E-state index in [9.17, 15) is 14.0 Å². The van der Waals surface area contributed by atoms with E-state index in [2.05, 4.69) is 20.9 Å². The Bertz CT molecular complexity index is 532. The summed E-state index contributed by atoms with van der Waals surface area (Å²) in [6, 6.07) is 1.44. The van der Waals surface area contributed by atoms with Gasteiger partial charge in [-0.05, 0) is 25.8 Å². The zero-order valence-electron chi connectivity index (χ0n) is 11.9. The lowest BCUT2D eigenvalue weighted by Gasteiger charge is -2.10. The maximum atomic E-state index is 13.2. The Morgan fingerprint density at radius 1 is 1.43 bits per heavy atom. The van der Waals surface area contributed by atoms with Crippen molar-refractivity contribution in [3.8, 4) is 0 Å². The number of carbonyl (C=O) groups is 2. The summed E-state index contributed by atoms with van der Waals surface area (Å²) in [5.41, 5.74) is 0.138. The van der Waals surface area contributed by atoms with Gasteiger partial charge < -0.3 is 16.0 Å². The lowest BCUT2D eigenvalue weighted by atomic mass is 10.2. The van der Waals surface area contributed by atoms with E-state index in [4.69, 9.17) is 0 Å². The van der Waals surface area contributed by atoms with Crippen LogP contribution in [0.15, 0.2) is 12.3 Å². The molecule has 1 heterocycles. The minimum Gasteiger partial charge on any atom is -0.370 e. The minimum absolute atomic E-state index is 0.0814. The first-order chi connectivity index (χ1) is 10.1. The van der Waals surface area contributed by atoms with Crippen molar-refractivity contribution >= 4 is 17.6 Å². The van der Waals surface area contributed by atoms with Crippen LogP contribution in [-0.2, 0) is 4.79 Å². The molecule has 0 aromatic carbocycles. The van der Waals surface area contributed by atoms with Gasteiger partial charge in [-0.25, -0.2) is 9.37 Å². The second-order valence-corrected chi connectivity index (χ2v) is 4.93. The molecule has 0 aliphatic heterocycles. The quantitative estimate of drug-likeness (QED) is 0.702. The van der Waals surface area contributed by atoms with E-state index in [1.54, 1.807) is 0 Å². The van der Waals surface area contributed by atoms with Crippen molar-refractivity contribution in [2.24, 2.45) is 0 Å². The average Bonchev–Trinajstić information content (AvgIpc) is 3.24. The van der Waals surface area contributed by atoms with E-state index in [1.165, 1.54) is 0 Å². The van der Waals surface area contributed by atoms with Crippen LogP contribution in [0.4, 0.5) is 10.2 Å². The number of nitrogens with zero attached hydrogens (tertiary/aromatic N) is 1. The fourth-order valence-corrected chi connectivity index (χ4v) is 1.83. The molecular weight excluding hydrogens is 275 g/mol. The number of halogens is 1. The molecule has 0 spiro atoms. The highest BCUT2D eigenvalue weighted by molar-refractivity contribution is 5.98. The van der Waals surface area contributed by atoms with Gasteiger partial charge in [0.1, 0.15) is 11.6 Å². The predicted octanol–water partition coefficient (Wildman–Crippen LogP) is 1.05. The highest BCUT2D eigenvalue weighted by atomic mass is 19.1. The van der Waals surface area contributed by atoms with Crippen molar-refractivity contribution < 1.29 is 14.0 Å². The van der Waals surface area contributed by atoms with Crippen molar-refractivity contribution in [2.75, 3.05) is 18.4 Å². The van der Waals surface area contributed by atoms with Gasteiger partial charge in [0, 0.05) is 25.6 Å². The zero-order valence-corrected chi connectivity index (χ0v) is 11.9. The summed E-state index contributed by atoms with van der Waals surface area (Å²) in [7, 11) is 0. The normalized spacial score (nSPS) is 13.6. The molecule has 114 valence electrons. The Labute approximate surface area is 122 Å². The smallest absolute Gasteiger partial charge is 0.255 e. The van der Waals surface area contributed by atoms with Gasteiger partial charge in [-0.15, -0.1) is 0 Å². The molecule has 3 N–H and O–H groups in total. The average molecular weight is 294 g/mol. The summed E-state index contributed by atoms with van der Waals surface area (Å²) >= 11 is 0. The summed E-state index contributed by atoms with van der Waals surface area (Å²) in [5.74, 6) is -0.772. The van der Waals surface area contributed by atoms with E-state index < -0.39 is 11.7 Å². The molecular formula is C14H19FN4O2. The maximum absolute atomic E-state index is 13.2. The van der Waals surface area contributed by atoms with Crippen molar-refractivity contribution in [3.63, 3.8) is 0 Å². The molecule has 1 saturated carbocycles. The molecule has 1 aliphatic carbocycles. The number of pyridine rings is 1. The first kappa shape index (κ1) is 15.2. The molecule has 1 fully saturated rings. The van der Waals surface area contributed by atoms with Crippen LogP contribution in [0.2, 0.25) is 0 Å². The van der Waals surface area contributed by atoms with Crippen LogP contribution in [0, 0.1) is 5.82 Å². The third-order valence-electron chi connectivity index (χ3n) is 3.02. The van der Waals surface area contributed by atoms with Crippen LogP contribution in [-0.4, -0.2) is 35.9 Å². The number of carbonyl (C=O) groups excluding carboxylic acids is 2. The fraction of sp³-hybridized carbons (Fsp3) is 0.500. The lowest BCUT2D eigenvalue weighted by Crippen LogP contribution is -2.32. The molecule has 0 atom stereocenters. The molecule has 0 bridgehead atoms. The molecule has 1 aromatic heterocycles. The predicted molar refractivity (Wildman–Crippen MR) is 76.5 cm³/mol. The standard InChI is InChI=1S/C14H19FN4O2/c1-2-16-13-11(7-9(15)8-18-13)14(21)17-6-5-12(20)19-10-3-4-10/h7-8,10H,2-6H2,1H3,(H,16,18)(H,17,21)(H,19,20). The first-order valence-electron chi connectivity index (χ1n) is 7.07. The van der Waals surface area contributed by atoms with Crippen molar-refractivity contribution in [1.82, 2.24) is 15.6 Å². The highest BCUT2D eigenvalue weighted by Crippen LogP contribution is 2.18. The maximum Gasteiger partial charge on any atom is 0.255 e. The van der Waals surface area contributed by atoms with Crippen LogP contribution in [0.1, 0.15) is 36.5 Å². The number of hydrogen-bond donors (Lipinski definition) is 3. The van der Waals surface area contributed by atoms with Gasteiger partial charge in [0.05, 0.1) is 11.8 Å². The lowest BCUT2D eigenvalue weighted by molar-refractivity contribution is -0.121. The molecule has 7 heteroatoms. The summed E-state index contributed by atoms with van der Waals surface area (Å²) in [6.45, 7) is 2.64. The van der Waals surface area contributed by atoms with Crippen LogP contribution >= 0.6 is 0 Å². The second-order valence-electron chi connectivity index (χ2n) is 4.93. The first-order valence-corrected chi connectivity index (χ1v) is 7.07. The van der Waals surface area contributed by atoms with E-state index in [-0.39, 0.29) is 24.4 Å². The van der Waals surface area contributed by atoms with Gasteiger partial charge in [-0.3, -0.25) is 9.59 Å². The van der Waals surface area contributed by atoms with Crippen LogP contribution < -0.4 is 16.0 Å². The largest absolute Gasteiger partial charge is 0.370 e. The molecule has 0 radical (unpaired) electrons. The number of nitrogens with one attached hydrogen (secondary N) is 3. The summed E-state index contributed by atoms with van der Waals surface area (Å²) in [5, 5.41) is 8.34. The zero-order chi connectivity index (χ0) is 15.2. The van der Waals surface area contributed by atoms with Crippen LogP contribution in [0.5, 0.6) is 0 Å². The number of hydrogen-bond acceptors (Lipinski definition) is 4. The number of anilines is 1. The number of amides is 2. The summed E-state index contributed by atoms with van der Waals surface area (Å²) in [6.07, 6.45) is 3.32. The van der Waals surface area contributed by atoms with Gasteiger partial charge in [0.25, 0.3) is 5.91 Å². The van der Waals surface area contributed by atoms with Crippen molar-refractivity contribution in [1.29, 1.82) is 0 Å². The monoisotopic (exact) mass is 294 g/mol. The van der Waals surface area contributed by atoms with E-state index in [0.29, 0.717) is 18.4 Å². The Balaban J connectivity index is 1.86. The Morgan fingerprint density at radius 2 is 2.19 bits per heavy atom. The van der Waals surface area contributed by atoms with E-state index >= 15 is 0 Å². The molecule has 2 amide bonds. The van der Waals surface area contributed by atoms with Gasteiger partial charge in [0.2, 0.25) is 5.91 Å². The third kappa shape index (κ3) is 4.70. The van der Waals surface area contributed by atoms with Gasteiger partial charge >= 0.3 is 0 Å². The highest BCUT2D eigenvalue weighted by Gasteiger charge is 2.23. The molecule has 1 aliphatic rings. The Kier molecular flexibility index (Phi) is 5.08. The fourth-order valence-electron chi connectivity index (χ4n) is 1.83. The number of rotatable bonds is 7. The minimum atomic E-state index is -0.576. The van der Waals surface area contributed by atoms with Crippen molar-refractivity contribution in [2.45, 2.75) is 32.2 Å². The van der Waals surface area contributed by atoms with Crippen molar-refractivity contribution in [3.05, 3.63) is 23.6 Å². The van der Waals surface area contributed by atoms with Gasteiger partial charge in [0.15, 0.2) is 0 Å². The molecule has 6 nitrogen and oxygen atoms in total. The Hall–Kier alpha value is -2.18. The second kappa shape index (κ2) is 7.01. The van der Waals surface area contributed by atoms with E-state index in [0.717, 1.165) is 25.1 Å². The Morgan fingerprint density at radius 3 is 2.86 bits per heavy atom. The third-order valence-corrected chi connectivity index (χ3v) is 3.02. The van der Waals surface area contributed by atoms with Gasteiger partial charge in [-0.2, -0.15) is 0 Å². The topological polar surface area (TPSA) is 83.1 Å². The van der Waals surface area contributed by atoms with Crippen LogP contribution in [0.25, 0.3) is 0 Å². The van der Waals surface area contributed by atoms with Gasteiger partial charge in [-0.1, -0.05) is 0 Å². The molecule has 1 aromatic rings. The molecule has 0 unspecified atom stereocenters.